The van der Waals surface area contributed by atoms with E-state index in [4.69, 9.17) is 9.47 Å². The van der Waals surface area contributed by atoms with Gasteiger partial charge >= 0.3 is 5.97 Å². The second kappa shape index (κ2) is 6.98. The summed E-state index contributed by atoms with van der Waals surface area (Å²) < 4.78 is 14.9. The molecule has 0 saturated carbocycles. The summed E-state index contributed by atoms with van der Waals surface area (Å²) in [6, 6.07) is 6.97. The van der Waals surface area contributed by atoms with Gasteiger partial charge < -0.3 is 19.3 Å². The molecule has 0 radical (unpaired) electrons. The molecule has 0 saturated heterocycles. The molecule has 0 aromatic heterocycles. The lowest BCUT2D eigenvalue weighted by Gasteiger charge is -2.21. The highest BCUT2D eigenvalue weighted by Gasteiger charge is 2.28. The first-order chi connectivity index (χ1) is 8.63. The second-order valence-electron chi connectivity index (χ2n) is 3.62. The minimum absolute atomic E-state index is 0.380. The average Bonchev–Trinajstić information content (AvgIpc) is 2.43. The molecule has 5 nitrogen and oxygen atoms in total. The number of carbonyl (C=O) groups excluding carboxylic acids is 1. The van der Waals surface area contributed by atoms with Gasteiger partial charge in [-0.15, -0.1) is 0 Å². The largest absolute Gasteiger partial charge is 0.497 e. The summed E-state index contributed by atoms with van der Waals surface area (Å²) in [6.45, 7) is 2.17. The highest BCUT2D eigenvalue weighted by atomic mass is 16.5. The van der Waals surface area contributed by atoms with Gasteiger partial charge in [0.25, 0.3) is 0 Å². The van der Waals surface area contributed by atoms with Crippen LogP contribution >= 0.6 is 0 Å². The normalized spacial score (nSPS) is 13.8. The average molecular weight is 254 g/mol. The third-order valence-corrected chi connectivity index (χ3v) is 2.52. The van der Waals surface area contributed by atoms with Crippen LogP contribution in [0.2, 0.25) is 0 Å². The van der Waals surface area contributed by atoms with Gasteiger partial charge in [0.15, 0.2) is 6.10 Å². The van der Waals surface area contributed by atoms with Crippen LogP contribution in [0.3, 0.4) is 0 Å². The third-order valence-electron chi connectivity index (χ3n) is 2.52. The van der Waals surface area contributed by atoms with Crippen molar-refractivity contribution < 1.29 is 24.1 Å². The van der Waals surface area contributed by atoms with Gasteiger partial charge in [-0.05, 0) is 24.6 Å². The molecule has 1 rings (SSSR count). The Morgan fingerprint density at radius 3 is 2.33 bits per heavy atom. The van der Waals surface area contributed by atoms with Crippen molar-refractivity contribution in [3.8, 4) is 5.75 Å². The molecular formula is C13H18O5. The van der Waals surface area contributed by atoms with E-state index in [0.717, 1.165) is 0 Å². The number of hydrogen-bond donors (Lipinski definition) is 1. The zero-order chi connectivity index (χ0) is 13.5. The Labute approximate surface area is 106 Å². The maximum atomic E-state index is 11.3. The van der Waals surface area contributed by atoms with Gasteiger partial charge in [-0.3, -0.25) is 0 Å². The summed E-state index contributed by atoms with van der Waals surface area (Å²) in [5.41, 5.74) is 0.690. The van der Waals surface area contributed by atoms with Crippen LogP contribution in [0.1, 0.15) is 18.6 Å². The number of esters is 1. The van der Waals surface area contributed by atoms with Crippen molar-refractivity contribution in [1.82, 2.24) is 0 Å². The van der Waals surface area contributed by atoms with E-state index in [2.05, 4.69) is 4.74 Å². The molecule has 0 amide bonds. The SMILES string of the molecule is CCO[C@H](c1ccc(OC)cc1)[C@H](O)C(=O)OC. The predicted molar refractivity (Wildman–Crippen MR) is 65.4 cm³/mol. The molecule has 0 fully saturated rings. The lowest BCUT2D eigenvalue weighted by Crippen LogP contribution is -2.30. The third kappa shape index (κ3) is 3.45. The highest BCUT2D eigenvalue weighted by Crippen LogP contribution is 2.24. The van der Waals surface area contributed by atoms with Crippen LogP contribution in [0.5, 0.6) is 5.75 Å². The quantitative estimate of drug-likeness (QED) is 0.775. The number of ether oxygens (including phenoxy) is 3. The predicted octanol–water partition coefficient (Wildman–Crippen LogP) is 1.31. The molecular weight excluding hydrogens is 236 g/mol. The van der Waals surface area contributed by atoms with Gasteiger partial charge in [0.1, 0.15) is 11.9 Å². The first-order valence-electron chi connectivity index (χ1n) is 5.65. The van der Waals surface area contributed by atoms with Crippen molar-refractivity contribution in [2.24, 2.45) is 0 Å². The summed E-state index contributed by atoms with van der Waals surface area (Å²) >= 11 is 0. The molecule has 1 N–H and O–H groups in total. The topological polar surface area (TPSA) is 65.0 Å². The molecule has 1 aromatic carbocycles. The molecule has 18 heavy (non-hydrogen) atoms. The van der Waals surface area contributed by atoms with Crippen LogP contribution in [-0.2, 0) is 14.3 Å². The molecule has 100 valence electrons. The van der Waals surface area contributed by atoms with Crippen molar-refractivity contribution in [1.29, 1.82) is 0 Å². The van der Waals surface area contributed by atoms with E-state index in [1.165, 1.54) is 7.11 Å². The van der Waals surface area contributed by atoms with Gasteiger partial charge in [-0.2, -0.15) is 0 Å². The van der Waals surface area contributed by atoms with E-state index in [9.17, 15) is 9.90 Å². The summed E-state index contributed by atoms with van der Waals surface area (Å²) in [5, 5.41) is 9.86. The monoisotopic (exact) mass is 254 g/mol. The fourth-order valence-corrected chi connectivity index (χ4v) is 1.59. The van der Waals surface area contributed by atoms with E-state index in [0.29, 0.717) is 17.9 Å². The maximum Gasteiger partial charge on any atom is 0.337 e. The van der Waals surface area contributed by atoms with Crippen LogP contribution < -0.4 is 4.74 Å². The highest BCUT2D eigenvalue weighted by molar-refractivity contribution is 5.75. The molecule has 5 heteroatoms. The molecule has 0 heterocycles. The van der Waals surface area contributed by atoms with E-state index >= 15 is 0 Å². The summed E-state index contributed by atoms with van der Waals surface area (Å²) in [4.78, 5) is 11.3. The Bertz CT molecular complexity index is 373. The smallest absolute Gasteiger partial charge is 0.337 e. The second-order valence-corrected chi connectivity index (χ2v) is 3.62. The van der Waals surface area contributed by atoms with Gasteiger partial charge in [0, 0.05) is 6.61 Å². The Kier molecular flexibility index (Phi) is 5.61. The Hall–Kier alpha value is -1.59. The van der Waals surface area contributed by atoms with Crippen molar-refractivity contribution in [3.05, 3.63) is 29.8 Å². The molecule has 2 atom stereocenters. The number of hydrogen-bond acceptors (Lipinski definition) is 5. The fraction of sp³-hybridized carbons (Fsp3) is 0.462. The van der Waals surface area contributed by atoms with Crippen molar-refractivity contribution >= 4 is 5.97 Å². The van der Waals surface area contributed by atoms with Gasteiger partial charge in [0.2, 0.25) is 0 Å². The van der Waals surface area contributed by atoms with E-state index < -0.39 is 18.2 Å². The Morgan fingerprint density at radius 2 is 1.89 bits per heavy atom. The maximum absolute atomic E-state index is 11.3. The zero-order valence-corrected chi connectivity index (χ0v) is 10.8. The van der Waals surface area contributed by atoms with E-state index in [1.807, 2.05) is 0 Å². The molecule has 0 bridgehead atoms. The summed E-state index contributed by atoms with van der Waals surface area (Å²) in [6.07, 6.45) is -2.09. The number of methoxy groups -OCH3 is 2. The first-order valence-corrected chi connectivity index (χ1v) is 5.65. The van der Waals surface area contributed by atoms with Crippen LogP contribution in [0.15, 0.2) is 24.3 Å². The number of carbonyl (C=O) groups is 1. The number of aliphatic hydroxyl groups is 1. The number of rotatable bonds is 6. The Morgan fingerprint density at radius 1 is 1.28 bits per heavy atom. The number of aliphatic hydroxyl groups excluding tert-OH is 1. The standard InChI is InChI=1S/C13H18O5/c1-4-18-12(11(14)13(15)17-3)9-5-7-10(16-2)8-6-9/h5-8,11-12,14H,4H2,1-3H3/t11-,12+/m0/s1. The fourth-order valence-electron chi connectivity index (χ4n) is 1.59. The van der Waals surface area contributed by atoms with Crippen LogP contribution in [0, 0.1) is 0 Å². The lowest BCUT2D eigenvalue weighted by molar-refractivity contribution is -0.159. The van der Waals surface area contributed by atoms with Gasteiger partial charge in [-0.1, -0.05) is 12.1 Å². The van der Waals surface area contributed by atoms with E-state index in [-0.39, 0.29) is 0 Å². The minimum atomic E-state index is -1.34. The van der Waals surface area contributed by atoms with Crippen LogP contribution in [-0.4, -0.2) is 38.0 Å². The Balaban J connectivity index is 2.92. The van der Waals surface area contributed by atoms with Crippen LogP contribution in [0.25, 0.3) is 0 Å². The summed E-state index contributed by atoms with van der Waals surface area (Å²) in [5.74, 6) is -0.0224. The number of benzene rings is 1. The van der Waals surface area contributed by atoms with Crippen LogP contribution in [0.4, 0.5) is 0 Å². The first kappa shape index (κ1) is 14.5. The zero-order valence-electron chi connectivity index (χ0n) is 10.8. The lowest BCUT2D eigenvalue weighted by atomic mass is 10.0. The molecule has 0 aliphatic heterocycles. The minimum Gasteiger partial charge on any atom is -0.497 e. The van der Waals surface area contributed by atoms with Gasteiger partial charge in [-0.25, -0.2) is 4.79 Å². The van der Waals surface area contributed by atoms with Gasteiger partial charge in [0.05, 0.1) is 14.2 Å². The van der Waals surface area contributed by atoms with E-state index in [1.54, 1.807) is 38.3 Å². The van der Waals surface area contributed by atoms with Crippen molar-refractivity contribution in [2.45, 2.75) is 19.1 Å². The molecule has 0 aliphatic rings. The molecule has 0 aliphatic carbocycles. The molecule has 0 spiro atoms. The summed E-state index contributed by atoms with van der Waals surface area (Å²) in [7, 11) is 2.79. The van der Waals surface area contributed by atoms with Crippen molar-refractivity contribution in [3.63, 3.8) is 0 Å². The molecule has 0 unspecified atom stereocenters. The molecule has 1 aromatic rings. The van der Waals surface area contributed by atoms with Crippen molar-refractivity contribution in [2.75, 3.05) is 20.8 Å².